The van der Waals surface area contributed by atoms with Crippen LogP contribution >= 0.6 is 0 Å². The Labute approximate surface area is 444 Å². The van der Waals surface area contributed by atoms with Crippen LogP contribution in [-0.2, 0) is 52.8 Å². The second-order valence-corrected chi connectivity index (χ2v) is 24.9. The first-order valence-corrected chi connectivity index (χ1v) is 28.9. The van der Waals surface area contributed by atoms with Crippen LogP contribution in [0.25, 0.3) is 33.4 Å². The molecule has 9 rings (SSSR count). The van der Waals surface area contributed by atoms with E-state index >= 15 is 9.59 Å². The average molecular weight is 1130 g/mol. The molecule has 18 nitrogen and oxygen atoms in total. The number of morpholine rings is 1. The number of carbonyl (C=O) groups excluding carboxylic acids is 5. The molecule has 1 aromatic carbocycles. The van der Waals surface area contributed by atoms with Crippen molar-refractivity contribution in [2.45, 2.75) is 120 Å². The Morgan fingerprint density at radius 1 is 1.04 bits per heavy atom. The number of methoxy groups -OCH3 is 1. The standard InChI is InChI=1S/C55H72IN10O8/c1-10-45(67)64-26-27-74-54(32-64)19-24-63(25-20-54)52(71)62(8)47(34(3)4)49(68)60-55(43-31-56-43)30-44-57-22-18-40(59-44)36-16-17-42-38(28-36)39(48(65(42)11-2)37-14-12-21-58-46(37)35(5)72-9)29-53(6,7)33-73-50(69)41-15-13-23-66(61-41)51(55)70/h10,12,14,16-18,21-22,28,34-35,41,43,47,61H,1,11,13,15,19-20,23-27,29-33H2,2-9H3,(H,60,68)/q-1/t35-,41-,43?,47-,55+/m0/s1. The summed E-state index contributed by atoms with van der Waals surface area (Å²) in [7, 11) is 3.33. The van der Waals surface area contributed by atoms with E-state index in [-0.39, 0.29) is 46.8 Å². The normalized spacial score (nSPS) is 23.8. The third-order valence-electron chi connectivity index (χ3n) is 15.6. The molecular formula is C55H72IN10O8-. The summed E-state index contributed by atoms with van der Waals surface area (Å²) in [5.41, 5.74) is 7.12. The number of piperidine rings is 1. The number of aromatic nitrogens is 4. The van der Waals surface area contributed by atoms with E-state index in [0.29, 0.717) is 89.5 Å². The number of ether oxygens (including phenoxy) is 3. The number of nitrogens with one attached hydrogen (secondary N) is 2. The van der Waals surface area contributed by atoms with Gasteiger partial charge in [-0.3, -0.25) is 9.78 Å². The number of fused-ring (bicyclic) bond motifs is 6. The van der Waals surface area contributed by atoms with Crippen molar-refractivity contribution in [3.8, 4) is 22.5 Å². The molecule has 4 fully saturated rings. The quantitative estimate of drug-likeness (QED) is 0.102. The Hall–Kier alpha value is -5.51. The fourth-order valence-electron chi connectivity index (χ4n) is 11.5. The van der Waals surface area contributed by atoms with Gasteiger partial charge in [-0.2, -0.15) is 0 Å². The van der Waals surface area contributed by atoms with Gasteiger partial charge in [-0.25, -0.2) is 0 Å². The van der Waals surface area contributed by atoms with Gasteiger partial charge in [0.25, 0.3) is 0 Å². The van der Waals surface area contributed by atoms with Crippen LogP contribution in [0.3, 0.4) is 0 Å². The van der Waals surface area contributed by atoms with Gasteiger partial charge in [0.2, 0.25) is 5.91 Å². The number of halogens is 1. The number of carbonyl (C=O) groups is 5. The van der Waals surface area contributed by atoms with E-state index in [4.69, 9.17) is 29.2 Å². The monoisotopic (exact) mass is 1130 g/mol. The van der Waals surface area contributed by atoms with Gasteiger partial charge in [-0.05, 0) is 32.1 Å². The molecule has 3 aromatic heterocycles. The summed E-state index contributed by atoms with van der Waals surface area (Å²) >= 11 is -0.519. The average Bonchev–Trinajstić information content (AvgIpc) is 4.22. The number of hydrazine groups is 1. The summed E-state index contributed by atoms with van der Waals surface area (Å²) in [5.74, 6) is -1.38. The second kappa shape index (κ2) is 21.6. The molecule has 19 heteroatoms. The summed E-state index contributed by atoms with van der Waals surface area (Å²) in [6.07, 6.45) is 7.16. The number of hydrogen-bond acceptors (Lipinski definition) is 12. The molecule has 1 unspecified atom stereocenters. The molecule has 4 aromatic rings. The van der Waals surface area contributed by atoms with Crippen molar-refractivity contribution < 1.29 is 59.4 Å². The molecule has 4 saturated heterocycles. The van der Waals surface area contributed by atoms with Gasteiger partial charge in [-0.15, -0.1) is 0 Å². The number of rotatable bonds is 10. The Bertz CT molecular complexity index is 2810. The van der Waals surface area contributed by atoms with Gasteiger partial charge in [0, 0.05) is 19.9 Å². The SMILES string of the molecule is C=CC(=O)N1CCOC2(CCN(C(=O)N(C)[C@H](C(=O)N[C@@]3(C4C[I-]4)Cc4nccc(n4)-c4ccc5c(c4)c(c(-c4cccnc4[C@H](C)OC)n5CC)CC(C)(C)COC(=O)[C@@H]4CCCN(N4)C3=O)C(C)C)CC2)C1. The Morgan fingerprint density at radius 2 is 1.81 bits per heavy atom. The molecule has 0 saturated carbocycles. The van der Waals surface area contributed by atoms with Crippen LogP contribution in [0.15, 0.2) is 61.4 Å². The van der Waals surface area contributed by atoms with Crippen molar-refractivity contribution in [2.75, 3.05) is 64.5 Å². The third-order valence-corrected chi connectivity index (χ3v) is 18.4. The van der Waals surface area contributed by atoms with Crippen molar-refractivity contribution in [1.29, 1.82) is 0 Å². The first kappa shape index (κ1) is 53.3. The van der Waals surface area contributed by atoms with Crippen LogP contribution in [0, 0.1) is 11.3 Å². The number of cyclic esters (lactones) is 1. The number of alkyl halides is 2. The first-order chi connectivity index (χ1) is 35.4. The zero-order valence-corrected chi connectivity index (χ0v) is 46.3. The van der Waals surface area contributed by atoms with Crippen LogP contribution in [-0.4, -0.2) is 161 Å². The fraction of sp³-hybridized carbons (Fsp3) is 0.564. The number of benzene rings is 1. The topological polar surface area (TPSA) is 194 Å². The molecule has 5 aliphatic rings. The zero-order chi connectivity index (χ0) is 52.7. The van der Waals surface area contributed by atoms with Crippen molar-refractivity contribution in [2.24, 2.45) is 11.3 Å². The van der Waals surface area contributed by atoms with E-state index in [1.165, 1.54) is 16.0 Å². The van der Waals surface area contributed by atoms with E-state index in [9.17, 15) is 14.4 Å². The molecule has 5 atom stereocenters. The minimum absolute atomic E-state index is 0.00926. The van der Waals surface area contributed by atoms with Crippen molar-refractivity contribution in [1.82, 2.24) is 50.0 Å². The Balaban J connectivity index is 1.08. The maximum absolute atomic E-state index is 15.6. The fourth-order valence-corrected chi connectivity index (χ4v) is 13.9. The van der Waals surface area contributed by atoms with Crippen molar-refractivity contribution in [3.63, 3.8) is 0 Å². The molecule has 6 bridgehead atoms. The number of amides is 5. The number of pyridine rings is 1. The van der Waals surface area contributed by atoms with E-state index < -0.39 is 61.7 Å². The molecule has 2 N–H and O–H groups in total. The Kier molecular flexibility index (Phi) is 15.6. The molecular weight excluding hydrogens is 1060 g/mol. The second-order valence-electron chi connectivity index (χ2n) is 21.7. The van der Waals surface area contributed by atoms with E-state index in [1.54, 1.807) is 36.4 Å². The van der Waals surface area contributed by atoms with Crippen LogP contribution in [0.1, 0.15) is 90.4 Å². The molecule has 1 spiro atoms. The van der Waals surface area contributed by atoms with Gasteiger partial charge in [-0.1, -0.05) is 6.58 Å². The van der Waals surface area contributed by atoms with Gasteiger partial charge in [0.15, 0.2) is 0 Å². The van der Waals surface area contributed by atoms with Crippen molar-refractivity contribution in [3.05, 3.63) is 78.5 Å². The van der Waals surface area contributed by atoms with Gasteiger partial charge in [0.1, 0.15) is 0 Å². The number of likely N-dealkylation sites (tertiary alicyclic amines) is 1. The van der Waals surface area contributed by atoms with E-state index in [1.807, 2.05) is 32.9 Å². The number of urea groups is 1. The summed E-state index contributed by atoms with van der Waals surface area (Å²) in [6.45, 7) is 19.0. The number of nitrogens with zero attached hydrogens (tertiary/aromatic N) is 8. The van der Waals surface area contributed by atoms with Gasteiger partial charge < -0.3 is 9.64 Å². The summed E-state index contributed by atoms with van der Waals surface area (Å²) < 4.78 is 21.2. The number of hydrogen-bond donors (Lipinski definition) is 2. The minimum atomic E-state index is -1.50. The molecule has 5 aliphatic heterocycles. The maximum atomic E-state index is 15.6. The zero-order valence-electron chi connectivity index (χ0n) is 44.1. The Morgan fingerprint density at radius 3 is 2.51 bits per heavy atom. The van der Waals surface area contributed by atoms with Gasteiger partial charge >= 0.3 is 345 Å². The summed E-state index contributed by atoms with van der Waals surface area (Å²) in [6, 6.07) is 10.2. The number of aryl methyl sites for hydroxylation is 1. The van der Waals surface area contributed by atoms with Crippen LogP contribution < -0.4 is 31.9 Å². The predicted octanol–water partition coefficient (Wildman–Crippen LogP) is 2.33. The molecule has 398 valence electrons. The number of likely N-dealkylation sites (N-methyl/N-ethyl adjacent to an activating group) is 1. The summed E-state index contributed by atoms with van der Waals surface area (Å²) in [5, 5.41) is 5.85. The third kappa shape index (κ3) is 10.5. The van der Waals surface area contributed by atoms with E-state index in [0.717, 1.165) is 43.4 Å². The van der Waals surface area contributed by atoms with Crippen LogP contribution in [0.4, 0.5) is 4.79 Å². The summed E-state index contributed by atoms with van der Waals surface area (Å²) in [4.78, 5) is 91.8. The number of esters is 1. The van der Waals surface area contributed by atoms with Crippen LogP contribution in [0.5, 0.6) is 0 Å². The first-order valence-electron chi connectivity index (χ1n) is 26.1. The molecule has 0 radical (unpaired) electrons. The molecule has 8 heterocycles. The van der Waals surface area contributed by atoms with Crippen molar-refractivity contribution >= 4 is 40.6 Å². The molecule has 0 aliphatic carbocycles. The van der Waals surface area contributed by atoms with Gasteiger partial charge in [0.05, 0.1) is 18.4 Å². The van der Waals surface area contributed by atoms with Crippen LogP contribution in [0.2, 0.25) is 0 Å². The molecule has 74 heavy (non-hydrogen) atoms. The molecule has 5 amide bonds. The predicted molar refractivity (Wildman–Crippen MR) is 275 cm³/mol. The van der Waals surface area contributed by atoms with E-state index in [2.05, 4.69) is 66.9 Å².